The summed E-state index contributed by atoms with van der Waals surface area (Å²) in [5.74, 6) is -0.594. The average Bonchev–Trinajstić information content (AvgIpc) is 2.67. The minimum absolute atomic E-state index is 0.0549. The van der Waals surface area contributed by atoms with Gasteiger partial charge in [0.1, 0.15) is 12.4 Å². The molecule has 2 aromatic rings. The molecule has 3 rings (SSSR count). The van der Waals surface area contributed by atoms with Gasteiger partial charge in [0.2, 0.25) is 0 Å². The fourth-order valence-electron chi connectivity index (χ4n) is 3.38. The summed E-state index contributed by atoms with van der Waals surface area (Å²) < 4.78 is 5.73. The summed E-state index contributed by atoms with van der Waals surface area (Å²) in [5.41, 5.74) is 2.42. The third-order valence-corrected chi connectivity index (χ3v) is 4.97. The quantitative estimate of drug-likeness (QED) is 0.877. The van der Waals surface area contributed by atoms with E-state index in [-0.39, 0.29) is 17.7 Å². The molecule has 0 radical (unpaired) electrons. The van der Waals surface area contributed by atoms with E-state index in [0.717, 1.165) is 11.3 Å². The standard InChI is InChI=1S/C21H24N2O4/c1-14-12-23(9-8-19(14)21(25)26)20(24)17-5-3-4-16(10-17)13-27-18-7-6-15(2)22-11-18/h3-7,10-11,14,19H,8-9,12-13H2,1-2H3,(H,25,26). The maximum atomic E-state index is 12.8. The molecular formula is C21H24N2O4. The topological polar surface area (TPSA) is 79.7 Å². The van der Waals surface area contributed by atoms with E-state index in [1.54, 1.807) is 17.2 Å². The first-order chi connectivity index (χ1) is 12.9. The molecular weight excluding hydrogens is 344 g/mol. The first kappa shape index (κ1) is 18.9. The van der Waals surface area contributed by atoms with Crippen molar-refractivity contribution in [3.8, 4) is 5.75 Å². The Hall–Kier alpha value is -2.89. The van der Waals surface area contributed by atoms with Gasteiger partial charge in [-0.15, -0.1) is 0 Å². The van der Waals surface area contributed by atoms with E-state index in [1.807, 2.05) is 44.2 Å². The zero-order valence-corrected chi connectivity index (χ0v) is 15.6. The van der Waals surface area contributed by atoms with Crippen molar-refractivity contribution in [1.82, 2.24) is 9.88 Å². The van der Waals surface area contributed by atoms with E-state index in [0.29, 0.717) is 37.4 Å². The number of carbonyl (C=O) groups is 2. The van der Waals surface area contributed by atoms with Gasteiger partial charge in [-0.2, -0.15) is 0 Å². The van der Waals surface area contributed by atoms with Gasteiger partial charge in [0.25, 0.3) is 5.91 Å². The van der Waals surface area contributed by atoms with Crippen LogP contribution in [0, 0.1) is 18.8 Å². The van der Waals surface area contributed by atoms with Crippen molar-refractivity contribution in [3.63, 3.8) is 0 Å². The molecule has 27 heavy (non-hydrogen) atoms. The van der Waals surface area contributed by atoms with Gasteiger partial charge in [-0.25, -0.2) is 0 Å². The summed E-state index contributed by atoms with van der Waals surface area (Å²) in [6.07, 6.45) is 2.17. The molecule has 1 aromatic heterocycles. The SMILES string of the molecule is Cc1ccc(OCc2cccc(C(=O)N3CCC(C(=O)O)C(C)C3)c2)cn1. The van der Waals surface area contributed by atoms with E-state index in [2.05, 4.69) is 4.98 Å². The predicted octanol–water partition coefficient (Wildman–Crippen LogP) is 3.15. The van der Waals surface area contributed by atoms with Crippen LogP contribution in [0.5, 0.6) is 5.75 Å². The van der Waals surface area contributed by atoms with E-state index < -0.39 is 5.97 Å². The Balaban J connectivity index is 1.63. The highest BCUT2D eigenvalue weighted by Gasteiger charge is 2.33. The van der Waals surface area contributed by atoms with Crippen LogP contribution < -0.4 is 4.74 Å². The monoisotopic (exact) mass is 368 g/mol. The molecule has 6 heteroatoms. The van der Waals surface area contributed by atoms with Gasteiger partial charge in [-0.05, 0) is 49.1 Å². The minimum atomic E-state index is -0.778. The van der Waals surface area contributed by atoms with Gasteiger partial charge in [0.05, 0.1) is 12.1 Å². The van der Waals surface area contributed by atoms with Crippen molar-refractivity contribution in [3.05, 3.63) is 59.4 Å². The van der Waals surface area contributed by atoms with Crippen molar-refractivity contribution in [2.45, 2.75) is 26.9 Å². The molecule has 1 aromatic carbocycles. The molecule has 0 saturated carbocycles. The number of nitrogens with zero attached hydrogens (tertiary/aromatic N) is 2. The number of carbonyl (C=O) groups excluding carboxylic acids is 1. The van der Waals surface area contributed by atoms with Crippen LogP contribution in [-0.4, -0.2) is 40.0 Å². The van der Waals surface area contributed by atoms with Crippen LogP contribution >= 0.6 is 0 Å². The molecule has 0 aliphatic carbocycles. The lowest BCUT2D eigenvalue weighted by molar-refractivity contribution is -0.145. The summed E-state index contributed by atoms with van der Waals surface area (Å²) in [5, 5.41) is 9.23. The van der Waals surface area contributed by atoms with Gasteiger partial charge >= 0.3 is 5.97 Å². The summed E-state index contributed by atoms with van der Waals surface area (Å²) in [4.78, 5) is 30.0. The molecule has 1 N–H and O–H groups in total. The number of likely N-dealkylation sites (tertiary alicyclic amines) is 1. The number of hydrogen-bond acceptors (Lipinski definition) is 4. The van der Waals surface area contributed by atoms with Gasteiger partial charge in [-0.1, -0.05) is 19.1 Å². The van der Waals surface area contributed by atoms with Gasteiger partial charge in [-0.3, -0.25) is 14.6 Å². The molecule has 1 fully saturated rings. The van der Waals surface area contributed by atoms with Crippen LogP contribution in [0.3, 0.4) is 0 Å². The number of ether oxygens (including phenoxy) is 1. The molecule has 2 unspecified atom stereocenters. The summed E-state index contributed by atoms with van der Waals surface area (Å²) in [6, 6.07) is 11.1. The number of rotatable bonds is 5. The third kappa shape index (κ3) is 4.64. The largest absolute Gasteiger partial charge is 0.487 e. The zero-order valence-electron chi connectivity index (χ0n) is 15.6. The Labute approximate surface area is 158 Å². The summed E-state index contributed by atoms with van der Waals surface area (Å²) in [6.45, 7) is 5.09. The lowest BCUT2D eigenvalue weighted by Gasteiger charge is -2.35. The number of carboxylic acid groups (broad SMARTS) is 1. The fraction of sp³-hybridized carbons (Fsp3) is 0.381. The number of hydrogen-bond donors (Lipinski definition) is 1. The second-order valence-electron chi connectivity index (χ2n) is 7.09. The Morgan fingerprint density at radius 3 is 2.78 bits per heavy atom. The molecule has 1 aliphatic rings. The Kier molecular flexibility index (Phi) is 5.74. The first-order valence-electron chi connectivity index (χ1n) is 9.10. The molecule has 1 saturated heterocycles. The lowest BCUT2D eigenvalue weighted by Crippen LogP contribution is -2.45. The number of carboxylic acids is 1. The molecule has 2 atom stereocenters. The van der Waals surface area contributed by atoms with Gasteiger partial charge in [0, 0.05) is 24.3 Å². The number of aryl methyl sites for hydroxylation is 1. The first-order valence-corrected chi connectivity index (χ1v) is 9.10. The summed E-state index contributed by atoms with van der Waals surface area (Å²) in [7, 11) is 0. The number of benzene rings is 1. The van der Waals surface area contributed by atoms with E-state index in [9.17, 15) is 14.7 Å². The van der Waals surface area contributed by atoms with Crippen molar-refractivity contribution in [1.29, 1.82) is 0 Å². The number of pyridine rings is 1. The highest BCUT2D eigenvalue weighted by Crippen LogP contribution is 2.25. The van der Waals surface area contributed by atoms with Crippen LogP contribution in [0.25, 0.3) is 0 Å². The van der Waals surface area contributed by atoms with Crippen LogP contribution in [0.2, 0.25) is 0 Å². The van der Waals surface area contributed by atoms with Crippen molar-refractivity contribution in [2.24, 2.45) is 11.8 Å². The lowest BCUT2D eigenvalue weighted by atomic mass is 9.87. The normalized spacial score (nSPS) is 19.6. The number of aliphatic carboxylic acids is 1. The molecule has 2 heterocycles. The second-order valence-corrected chi connectivity index (χ2v) is 7.09. The molecule has 0 bridgehead atoms. The summed E-state index contributed by atoms with van der Waals surface area (Å²) >= 11 is 0. The Bertz CT molecular complexity index is 819. The number of amides is 1. The molecule has 1 aliphatic heterocycles. The highest BCUT2D eigenvalue weighted by molar-refractivity contribution is 5.94. The second kappa shape index (κ2) is 8.20. The van der Waals surface area contributed by atoms with E-state index in [4.69, 9.17) is 4.74 Å². The number of aromatic nitrogens is 1. The van der Waals surface area contributed by atoms with Crippen molar-refractivity contribution >= 4 is 11.9 Å². The minimum Gasteiger partial charge on any atom is -0.487 e. The van der Waals surface area contributed by atoms with E-state index >= 15 is 0 Å². The molecule has 142 valence electrons. The van der Waals surface area contributed by atoms with Crippen LogP contribution in [0.15, 0.2) is 42.6 Å². The third-order valence-electron chi connectivity index (χ3n) is 4.97. The van der Waals surface area contributed by atoms with E-state index in [1.165, 1.54) is 0 Å². The van der Waals surface area contributed by atoms with Crippen LogP contribution in [-0.2, 0) is 11.4 Å². The molecule has 0 spiro atoms. The van der Waals surface area contributed by atoms with Crippen LogP contribution in [0.1, 0.15) is 35.0 Å². The Morgan fingerprint density at radius 2 is 2.11 bits per heavy atom. The van der Waals surface area contributed by atoms with Crippen molar-refractivity contribution < 1.29 is 19.4 Å². The van der Waals surface area contributed by atoms with Gasteiger partial charge < -0.3 is 14.7 Å². The van der Waals surface area contributed by atoms with Gasteiger partial charge in [0.15, 0.2) is 0 Å². The average molecular weight is 368 g/mol. The van der Waals surface area contributed by atoms with Crippen LogP contribution in [0.4, 0.5) is 0 Å². The molecule has 6 nitrogen and oxygen atoms in total. The molecule has 1 amide bonds. The fourth-order valence-corrected chi connectivity index (χ4v) is 3.38. The Morgan fingerprint density at radius 1 is 1.30 bits per heavy atom. The number of piperidine rings is 1. The van der Waals surface area contributed by atoms with Crippen molar-refractivity contribution in [2.75, 3.05) is 13.1 Å². The predicted molar refractivity (Wildman–Crippen MR) is 101 cm³/mol. The zero-order chi connectivity index (χ0) is 19.4. The highest BCUT2D eigenvalue weighted by atomic mass is 16.5. The smallest absolute Gasteiger partial charge is 0.306 e. The maximum absolute atomic E-state index is 12.8. The maximum Gasteiger partial charge on any atom is 0.306 e.